The Balaban J connectivity index is 2.26. The maximum atomic E-state index is 3.83. The number of aryl methyl sites for hydroxylation is 1. The minimum Gasteiger partial charge on any atom is -0.247 e. The molecule has 2 heteroatoms. The highest BCUT2D eigenvalue weighted by Gasteiger charge is 2.05. The third-order valence-electron chi connectivity index (χ3n) is 2.79. The summed E-state index contributed by atoms with van der Waals surface area (Å²) in [4.78, 5) is 6.35. The Morgan fingerprint density at radius 3 is 2.94 bits per heavy atom. The monoisotopic (exact) mass is 213 g/mol. The molecular formula is C14H17N2+. The lowest BCUT2D eigenvalue weighted by Gasteiger charge is -2.05. The fraction of sp³-hybridized carbons (Fsp3) is 0.214. The smallest absolute Gasteiger partial charge is 0.247 e. The molecule has 1 aromatic carbocycles. The first-order valence-electron chi connectivity index (χ1n) is 5.61. The third-order valence-corrected chi connectivity index (χ3v) is 2.79. The Labute approximate surface area is 96.1 Å². The number of hydrogen-bond donors (Lipinski definition) is 1. The predicted octanol–water partition coefficient (Wildman–Crippen LogP) is 2.63. The average Bonchev–Trinajstić information content (AvgIpc) is 2.81. The number of nitrogens with one attached hydrogen (secondary N) is 2. The first-order valence-corrected chi connectivity index (χ1v) is 5.61. The second kappa shape index (κ2) is 4.79. The van der Waals surface area contributed by atoms with E-state index in [4.69, 9.17) is 0 Å². The van der Waals surface area contributed by atoms with E-state index >= 15 is 0 Å². The van der Waals surface area contributed by atoms with Gasteiger partial charge in [-0.25, -0.2) is 9.97 Å². The van der Waals surface area contributed by atoms with Gasteiger partial charge in [0.05, 0.1) is 6.42 Å². The summed E-state index contributed by atoms with van der Waals surface area (Å²) in [7, 11) is 0. The zero-order valence-electron chi connectivity index (χ0n) is 9.59. The molecule has 0 atom stereocenters. The summed E-state index contributed by atoms with van der Waals surface area (Å²) in [6, 6.07) is 6.56. The minimum absolute atomic E-state index is 0.914. The second-order valence-corrected chi connectivity index (χ2v) is 3.87. The fourth-order valence-electron chi connectivity index (χ4n) is 1.91. The molecule has 0 radical (unpaired) electrons. The molecule has 0 fully saturated rings. The van der Waals surface area contributed by atoms with Gasteiger partial charge in [-0.05, 0) is 23.1 Å². The number of aromatic nitrogens is 2. The predicted molar refractivity (Wildman–Crippen MR) is 66.1 cm³/mol. The molecule has 0 aliphatic heterocycles. The second-order valence-electron chi connectivity index (χ2n) is 3.87. The van der Waals surface area contributed by atoms with Crippen LogP contribution in [0.4, 0.5) is 0 Å². The Kier molecular flexibility index (Phi) is 3.20. The molecule has 1 heterocycles. The summed E-state index contributed by atoms with van der Waals surface area (Å²) in [5, 5.41) is 0. The van der Waals surface area contributed by atoms with E-state index in [9.17, 15) is 0 Å². The van der Waals surface area contributed by atoms with Gasteiger partial charge in [0.15, 0.2) is 0 Å². The van der Waals surface area contributed by atoms with E-state index in [0.29, 0.717) is 0 Å². The van der Waals surface area contributed by atoms with E-state index in [0.717, 1.165) is 18.7 Å². The molecule has 2 N–H and O–H groups in total. The summed E-state index contributed by atoms with van der Waals surface area (Å²) in [5.74, 6) is 1.13. The van der Waals surface area contributed by atoms with Crippen LogP contribution in [0.2, 0.25) is 0 Å². The summed E-state index contributed by atoms with van der Waals surface area (Å²) in [6.45, 7) is 6.01. The van der Waals surface area contributed by atoms with Crippen LogP contribution in [0.5, 0.6) is 0 Å². The van der Waals surface area contributed by atoms with Gasteiger partial charge >= 0.3 is 0 Å². The van der Waals surface area contributed by atoms with E-state index in [1.165, 1.54) is 16.7 Å². The molecule has 2 rings (SSSR count). The van der Waals surface area contributed by atoms with Crippen molar-refractivity contribution >= 4 is 6.08 Å². The van der Waals surface area contributed by atoms with E-state index in [1.807, 2.05) is 18.5 Å². The fourth-order valence-corrected chi connectivity index (χ4v) is 1.91. The molecule has 16 heavy (non-hydrogen) atoms. The highest BCUT2D eigenvalue weighted by atomic mass is 14.9. The van der Waals surface area contributed by atoms with Gasteiger partial charge in [-0.15, -0.1) is 0 Å². The molecule has 2 nitrogen and oxygen atoms in total. The van der Waals surface area contributed by atoms with Crippen LogP contribution in [0.1, 0.15) is 29.4 Å². The SMILES string of the molecule is C=Cc1ccc(Cc2[nH]cc[nH+]2)cc1CC. The van der Waals surface area contributed by atoms with Crippen molar-refractivity contribution in [1.82, 2.24) is 4.98 Å². The topological polar surface area (TPSA) is 29.9 Å². The zero-order valence-corrected chi connectivity index (χ0v) is 9.59. The van der Waals surface area contributed by atoms with Crippen LogP contribution < -0.4 is 4.98 Å². The first-order chi connectivity index (χ1) is 7.83. The number of hydrogen-bond acceptors (Lipinski definition) is 0. The van der Waals surface area contributed by atoms with Gasteiger partial charge in [0, 0.05) is 0 Å². The van der Waals surface area contributed by atoms with Crippen LogP contribution in [0.15, 0.2) is 37.2 Å². The van der Waals surface area contributed by atoms with Crippen LogP contribution in [0.3, 0.4) is 0 Å². The van der Waals surface area contributed by atoms with Crippen molar-refractivity contribution in [2.75, 3.05) is 0 Å². The van der Waals surface area contributed by atoms with E-state index in [2.05, 4.69) is 41.7 Å². The Morgan fingerprint density at radius 2 is 2.31 bits per heavy atom. The summed E-state index contributed by atoms with van der Waals surface area (Å²) < 4.78 is 0. The van der Waals surface area contributed by atoms with Crippen molar-refractivity contribution in [3.8, 4) is 0 Å². The lowest BCUT2D eigenvalue weighted by Crippen LogP contribution is -2.06. The van der Waals surface area contributed by atoms with Gasteiger partial charge in [-0.2, -0.15) is 0 Å². The van der Waals surface area contributed by atoms with Crippen molar-refractivity contribution in [3.05, 3.63) is 59.7 Å². The molecule has 0 saturated carbocycles. The maximum Gasteiger partial charge on any atom is 0.256 e. The maximum absolute atomic E-state index is 3.83. The molecule has 0 unspecified atom stereocenters. The van der Waals surface area contributed by atoms with Crippen LogP contribution in [-0.2, 0) is 12.8 Å². The molecule has 2 aromatic rings. The normalized spacial score (nSPS) is 10.3. The van der Waals surface area contributed by atoms with Crippen molar-refractivity contribution in [1.29, 1.82) is 0 Å². The largest absolute Gasteiger partial charge is 0.256 e. The molecule has 0 bridgehead atoms. The van der Waals surface area contributed by atoms with Gasteiger partial charge in [0.1, 0.15) is 12.4 Å². The summed E-state index contributed by atoms with van der Waals surface area (Å²) >= 11 is 0. The highest BCUT2D eigenvalue weighted by molar-refractivity contribution is 5.53. The van der Waals surface area contributed by atoms with Crippen molar-refractivity contribution < 1.29 is 4.98 Å². The Bertz CT molecular complexity index is 469. The van der Waals surface area contributed by atoms with Crippen molar-refractivity contribution in [3.63, 3.8) is 0 Å². The van der Waals surface area contributed by atoms with Crippen molar-refractivity contribution in [2.24, 2.45) is 0 Å². The molecule has 1 aromatic heterocycles. The highest BCUT2D eigenvalue weighted by Crippen LogP contribution is 2.15. The standard InChI is InChI=1S/C14H16N2/c1-3-12-6-5-11(9-13(12)4-2)10-14-15-7-8-16-14/h3,5-9H,1,4,10H2,2H3,(H,15,16)/p+1. The Hall–Kier alpha value is -1.83. The summed E-state index contributed by atoms with van der Waals surface area (Å²) in [5.41, 5.74) is 3.92. The molecule has 82 valence electrons. The van der Waals surface area contributed by atoms with E-state index in [1.54, 1.807) is 0 Å². The number of benzene rings is 1. The van der Waals surface area contributed by atoms with Crippen LogP contribution >= 0.6 is 0 Å². The van der Waals surface area contributed by atoms with Crippen LogP contribution in [-0.4, -0.2) is 4.98 Å². The van der Waals surface area contributed by atoms with Crippen LogP contribution in [0, 0.1) is 0 Å². The van der Waals surface area contributed by atoms with Gasteiger partial charge in [-0.1, -0.05) is 37.8 Å². The third kappa shape index (κ3) is 2.22. The molecule has 0 spiro atoms. The first kappa shape index (κ1) is 10.7. The lowest BCUT2D eigenvalue weighted by atomic mass is 10.0. The van der Waals surface area contributed by atoms with Crippen molar-refractivity contribution in [2.45, 2.75) is 19.8 Å². The number of imidazole rings is 1. The van der Waals surface area contributed by atoms with E-state index in [-0.39, 0.29) is 0 Å². The quantitative estimate of drug-likeness (QED) is 0.809. The number of rotatable bonds is 4. The Morgan fingerprint density at radius 1 is 1.44 bits per heavy atom. The van der Waals surface area contributed by atoms with Gasteiger partial charge in [0.2, 0.25) is 0 Å². The summed E-state index contributed by atoms with van der Waals surface area (Å²) in [6.07, 6.45) is 7.70. The molecule has 0 saturated heterocycles. The molecule has 0 amide bonds. The molecular weight excluding hydrogens is 196 g/mol. The van der Waals surface area contributed by atoms with Gasteiger partial charge in [0.25, 0.3) is 5.82 Å². The van der Waals surface area contributed by atoms with Gasteiger partial charge in [-0.3, -0.25) is 0 Å². The molecule has 0 aliphatic carbocycles. The minimum atomic E-state index is 0.914. The lowest BCUT2D eigenvalue weighted by molar-refractivity contribution is -0.387. The zero-order chi connectivity index (χ0) is 11.4. The van der Waals surface area contributed by atoms with Gasteiger partial charge < -0.3 is 0 Å². The average molecular weight is 213 g/mol. The number of H-pyrrole nitrogens is 2. The molecule has 0 aliphatic rings. The number of aromatic amines is 2. The van der Waals surface area contributed by atoms with Crippen LogP contribution in [0.25, 0.3) is 6.08 Å². The van der Waals surface area contributed by atoms with E-state index < -0.39 is 0 Å².